The molecule has 208 valence electrons. The predicted molar refractivity (Wildman–Crippen MR) is 153 cm³/mol. The number of hydrogen-bond donors (Lipinski definition) is 1. The summed E-state index contributed by atoms with van der Waals surface area (Å²) in [5, 5.41) is 3.35. The van der Waals surface area contributed by atoms with Crippen LogP contribution in [0.15, 0.2) is 84.9 Å². The predicted octanol–water partition coefficient (Wildman–Crippen LogP) is 5.44. The summed E-state index contributed by atoms with van der Waals surface area (Å²) in [7, 11) is 0. The summed E-state index contributed by atoms with van der Waals surface area (Å²) < 4.78 is 12.1. The molecular weight excluding hydrogens is 504 g/mol. The molecule has 0 radical (unpaired) electrons. The van der Waals surface area contributed by atoms with Gasteiger partial charge in [0.15, 0.2) is 12.1 Å². The molecule has 0 saturated carbocycles. The van der Waals surface area contributed by atoms with Crippen LogP contribution in [0.2, 0.25) is 0 Å². The van der Waals surface area contributed by atoms with Gasteiger partial charge in [-0.15, -0.1) is 0 Å². The minimum absolute atomic E-state index is 0.0297. The van der Waals surface area contributed by atoms with E-state index in [0.29, 0.717) is 34.6 Å². The van der Waals surface area contributed by atoms with Gasteiger partial charge in [0.05, 0.1) is 24.8 Å². The zero-order valence-corrected chi connectivity index (χ0v) is 23.1. The first-order valence-corrected chi connectivity index (χ1v) is 14.1. The molecule has 7 nitrogen and oxygen atoms in total. The van der Waals surface area contributed by atoms with Crippen molar-refractivity contribution in [2.75, 3.05) is 31.5 Å². The van der Waals surface area contributed by atoms with Gasteiger partial charge in [0, 0.05) is 30.0 Å². The van der Waals surface area contributed by atoms with Crippen LogP contribution in [0.25, 0.3) is 0 Å². The number of para-hydroxylation sites is 1. The Hall–Kier alpha value is -3.97. The molecule has 3 fully saturated rings. The number of esters is 2. The van der Waals surface area contributed by atoms with Crippen molar-refractivity contribution in [2.24, 2.45) is 5.92 Å². The van der Waals surface area contributed by atoms with Gasteiger partial charge >= 0.3 is 11.9 Å². The summed E-state index contributed by atoms with van der Waals surface area (Å²) in [5.41, 5.74) is 2.70. The second-order valence-electron chi connectivity index (χ2n) is 11.3. The molecule has 0 aromatic heterocycles. The highest BCUT2D eigenvalue weighted by atomic mass is 16.5. The molecule has 7 heteroatoms. The zero-order valence-electron chi connectivity index (χ0n) is 23.1. The summed E-state index contributed by atoms with van der Waals surface area (Å²) >= 11 is 0. The fourth-order valence-corrected chi connectivity index (χ4v) is 5.89. The van der Waals surface area contributed by atoms with E-state index >= 15 is 0 Å². The number of nitrogens with zero attached hydrogens (tertiary/aromatic N) is 1. The van der Waals surface area contributed by atoms with Gasteiger partial charge in [-0.3, -0.25) is 4.79 Å². The quantitative estimate of drug-likeness (QED) is 0.209. The Labute approximate surface area is 235 Å². The maximum atomic E-state index is 13.6. The molecule has 0 amide bonds. The van der Waals surface area contributed by atoms with E-state index in [0.717, 1.165) is 37.2 Å². The number of carbonyl (C=O) groups is 3. The molecule has 1 N–H and O–H groups in total. The molecule has 0 aliphatic carbocycles. The minimum atomic E-state index is -0.630. The number of rotatable bonds is 10. The number of quaternary nitrogens is 1. The molecule has 0 spiro atoms. The third kappa shape index (κ3) is 6.42. The molecular formula is C33H37N2O5+. The maximum Gasteiger partial charge on any atom is 0.338 e. The van der Waals surface area contributed by atoms with Crippen molar-refractivity contribution in [1.29, 1.82) is 0 Å². The third-order valence-corrected chi connectivity index (χ3v) is 8.03. The minimum Gasteiger partial charge on any atom is -0.459 e. The average Bonchev–Trinajstić information content (AvgIpc) is 2.97. The van der Waals surface area contributed by atoms with Crippen molar-refractivity contribution < 1.29 is 28.3 Å². The number of hydrogen-bond acceptors (Lipinski definition) is 6. The molecule has 40 heavy (non-hydrogen) atoms. The van der Waals surface area contributed by atoms with Gasteiger partial charge in [0.25, 0.3) is 0 Å². The Balaban J connectivity index is 1.26. The van der Waals surface area contributed by atoms with Crippen LogP contribution >= 0.6 is 0 Å². The first kappa shape index (κ1) is 27.6. The lowest BCUT2D eigenvalue weighted by Crippen LogP contribution is -2.65. The molecule has 2 atom stereocenters. The zero-order chi connectivity index (χ0) is 28.1. The van der Waals surface area contributed by atoms with E-state index in [1.54, 1.807) is 38.1 Å². The summed E-state index contributed by atoms with van der Waals surface area (Å²) in [4.78, 5) is 39.1. The average molecular weight is 542 g/mol. The Morgan fingerprint density at radius 1 is 0.850 bits per heavy atom. The lowest BCUT2D eigenvalue weighted by molar-refractivity contribution is -0.938. The highest BCUT2D eigenvalue weighted by Gasteiger charge is 2.49. The van der Waals surface area contributed by atoms with Gasteiger partial charge in [-0.05, 0) is 43.7 Å². The fraction of sp³-hybridized carbons (Fsp3) is 0.364. The van der Waals surface area contributed by atoms with E-state index in [1.807, 2.05) is 60.7 Å². The van der Waals surface area contributed by atoms with Crippen LogP contribution in [0.5, 0.6) is 0 Å². The lowest BCUT2D eigenvalue weighted by atomic mass is 9.82. The lowest BCUT2D eigenvalue weighted by Gasteiger charge is -2.51. The fourth-order valence-electron chi connectivity index (χ4n) is 5.89. The number of ether oxygens (including phenoxy) is 2. The molecule has 3 saturated heterocycles. The number of carbonyl (C=O) groups excluding carboxylic acids is 3. The SMILES string of the molecule is CC(C)OC(=O)c1ccc(C(=O)C[N+]23CCC(CC2)[C@@H](OC(=O)C(Nc2ccccc2)c2ccccc2)C3)cc1. The maximum absolute atomic E-state index is 13.6. The largest absolute Gasteiger partial charge is 0.459 e. The van der Waals surface area contributed by atoms with E-state index < -0.39 is 12.0 Å². The second kappa shape index (κ2) is 12.0. The molecule has 3 aromatic rings. The van der Waals surface area contributed by atoms with Crippen molar-refractivity contribution in [1.82, 2.24) is 0 Å². The highest BCUT2D eigenvalue weighted by molar-refractivity contribution is 5.98. The number of Topliss-reactive ketones (excluding diaryl/α,β-unsaturated/α-hetero) is 1. The van der Waals surface area contributed by atoms with E-state index in [9.17, 15) is 14.4 Å². The summed E-state index contributed by atoms with van der Waals surface area (Å²) in [6, 6.07) is 25.4. The van der Waals surface area contributed by atoms with Gasteiger partial charge in [-0.2, -0.15) is 0 Å². The topological polar surface area (TPSA) is 81.7 Å². The molecule has 3 heterocycles. The van der Waals surface area contributed by atoms with E-state index in [1.165, 1.54) is 0 Å². The van der Waals surface area contributed by atoms with Crippen LogP contribution in [0.4, 0.5) is 5.69 Å². The van der Waals surface area contributed by atoms with Crippen molar-refractivity contribution in [3.8, 4) is 0 Å². The van der Waals surface area contributed by atoms with E-state index in [-0.39, 0.29) is 24.0 Å². The number of nitrogens with one attached hydrogen (secondary N) is 1. The Bertz CT molecular complexity index is 1320. The van der Waals surface area contributed by atoms with Gasteiger partial charge in [-0.25, -0.2) is 9.59 Å². The van der Waals surface area contributed by atoms with Crippen LogP contribution in [0, 0.1) is 5.92 Å². The number of benzene rings is 3. The van der Waals surface area contributed by atoms with Crippen LogP contribution in [0.1, 0.15) is 59.0 Å². The molecule has 3 aliphatic heterocycles. The highest BCUT2D eigenvalue weighted by Crippen LogP contribution is 2.37. The van der Waals surface area contributed by atoms with Crippen LogP contribution in [-0.2, 0) is 14.3 Å². The van der Waals surface area contributed by atoms with Gasteiger partial charge < -0.3 is 19.3 Å². The van der Waals surface area contributed by atoms with E-state index in [4.69, 9.17) is 9.47 Å². The molecule has 1 unspecified atom stereocenters. The number of ketones is 1. The van der Waals surface area contributed by atoms with E-state index in [2.05, 4.69) is 5.32 Å². The monoisotopic (exact) mass is 541 g/mol. The molecule has 3 aromatic carbocycles. The second-order valence-corrected chi connectivity index (χ2v) is 11.3. The van der Waals surface area contributed by atoms with Crippen molar-refractivity contribution in [3.05, 3.63) is 102 Å². The van der Waals surface area contributed by atoms with Crippen LogP contribution in [0.3, 0.4) is 0 Å². The molecule has 3 aliphatic rings. The van der Waals surface area contributed by atoms with Crippen LogP contribution < -0.4 is 5.32 Å². The summed E-state index contributed by atoms with van der Waals surface area (Å²) in [6.45, 7) is 6.38. The van der Waals surface area contributed by atoms with Gasteiger partial charge in [0.1, 0.15) is 13.1 Å². The summed E-state index contributed by atoms with van der Waals surface area (Å²) in [5.74, 6) is -0.364. The van der Waals surface area contributed by atoms with Crippen molar-refractivity contribution in [3.63, 3.8) is 0 Å². The van der Waals surface area contributed by atoms with Crippen molar-refractivity contribution in [2.45, 2.75) is 44.9 Å². The summed E-state index contributed by atoms with van der Waals surface area (Å²) in [6.07, 6.45) is 1.41. The number of fused-ring (bicyclic) bond motifs is 3. The van der Waals surface area contributed by atoms with Gasteiger partial charge in [0.2, 0.25) is 5.78 Å². The number of piperidine rings is 3. The van der Waals surface area contributed by atoms with Crippen LogP contribution in [-0.4, -0.2) is 60.6 Å². The molecule has 2 bridgehead atoms. The Morgan fingerprint density at radius 3 is 2.08 bits per heavy atom. The third-order valence-electron chi connectivity index (χ3n) is 8.03. The first-order chi connectivity index (χ1) is 19.3. The van der Waals surface area contributed by atoms with Gasteiger partial charge in [-0.1, -0.05) is 60.7 Å². The Kier molecular flexibility index (Phi) is 8.31. The molecule has 6 rings (SSSR count). The number of anilines is 1. The standard InChI is InChI=1S/C33H37N2O5/c1-23(2)39-32(37)27-15-13-24(14-16-27)29(36)21-35-19-17-25(18-20-35)30(22-35)40-33(38)31(26-9-5-3-6-10-26)34-28-11-7-4-8-12-28/h3-16,23,25,30-31,34H,17-22H2,1-2H3/q+1/t25?,30-,31?,35?/m0/s1. The smallest absolute Gasteiger partial charge is 0.338 e. The van der Waals surface area contributed by atoms with Crippen molar-refractivity contribution >= 4 is 23.4 Å². The normalized spacial score (nSPS) is 22.4. The first-order valence-electron chi connectivity index (χ1n) is 14.1. The Morgan fingerprint density at radius 2 is 1.45 bits per heavy atom.